The second kappa shape index (κ2) is 6.65. The Hall–Kier alpha value is -3.29. The first-order chi connectivity index (χ1) is 14.2. The molecule has 1 saturated heterocycles. The number of carbonyl (C=O) groups is 1. The van der Waals surface area contributed by atoms with E-state index in [0.717, 1.165) is 16.8 Å². The first kappa shape index (κ1) is 17.8. The van der Waals surface area contributed by atoms with Crippen LogP contribution in [0.15, 0.2) is 84.9 Å². The summed E-state index contributed by atoms with van der Waals surface area (Å²) in [5.74, 6) is -0.670. The summed E-state index contributed by atoms with van der Waals surface area (Å²) in [4.78, 5) is 16.5. The minimum Gasteiger partial charge on any atom is -0.328 e. The lowest BCUT2D eigenvalue weighted by atomic mass is 9.63. The Kier molecular flexibility index (Phi) is 4.08. The van der Waals surface area contributed by atoms with Crippen molar-refractivity contribution in [1.82, 2.24) is 0 Å². The van der Waals surface area contributed by atoms with Crippen molar-refractivity contribution in [2.24, 2.45) is 5.41 Å². The standard InChI is InChI=1S/C25H18N2OS/c26-16-21(17-9-3-1-4-10-17)25-15-22(19-13-7-8-14-20(19)23(25)28)27(24(25)29)18-11-5-2-6-12-18/h1-14,21-22H,15H2/t21-,22+,25+/m1/s1. The Balaban J connectivity index is 1.76. The Labute approximate surface area is 175 Å². The molecule has 2 aliphatic rings. The molecule has 1 aliphatic carbocycles. The lowest BCUT2D eigenvalue weighted by Crippen LogP contribution is -2.43. The third kappa shape index (κ3) is 2.41. The zero-order valence-electron chi connectivity index (χ0n) is 15.7. The summed E-state index contributed by atoms with van der Waals surface area (Å²) in [6.45, 7) is 0. The summed E-state index contributed by atoms with van der Waals surface area (Å²) in [6.07, 6.45) is 0.518. The van der Waals surface area contributed by atoms with Gasteiger partial charge in [-0.3, -0.25) is 4.79 Å². The van der Waals surface area contributed by atoms with Gasteiger partial charge in [0, 0.05) is 11.3 Å². The average Bonchev–Trinajstić information content (AvgIpc) is 3.05. The van der Waals surface area contributed by atoms with Crippen LogP contribution in [0, 0.1) is 16.7 Å². The van der Waals surface area contributed by atoms with Crippen molar-refractivity contribution < 1.29 is 4.79 Å². The van der Waals surface area contributed by atoms with E-state index in [-0.39, 0.29) is 11.8 Å². The molecule has 3 aromatic carbocycles. The largest absolute Gasteiger partial charge is 0.328 e. The van der Waals surface area contributed by atoms with Crippen LogP contribution in [0.2, 0.25) is 0 Å². The Morgan fingerprint density at radius 3 is 2.28 bits per heavy atom. The van der Waals surface area contributed by atoms with Gasteiger partial charge in [-0.05, 0) is 29.7 Å². The van der Waals surface area contributed by atoms with Crippen LogP contribution in [0.3, 0.4) is 0 Å². The number of nitrogens with zero attached hydrogens (tertiary/aromatic N) is 2. The maximum absolute atomic E-state index is 13.9. The summed E-state index contributed by atoms with van der Waals surface area (Å²) in [5, 5.41) is 10.2. The molecule has 1 aliphatic heterocycles. The minimum atomic E-state index is -1.04. The van der Waals surface area contributed by atoms with Gasteiger partial charge in [0.1, 0.15) is 5.41 Å². The highest BCUT2D eigenvalue weighted by atomic mass is 32.1. The molecule has 0 aromatic heterocycles. The molecule has 3 nitrogen and oxygen atoms in total. The first-order valence-corrected chi connectivity index (χ1v) is 10.1. The van der Waals surface area contributed by atoms with Crippen LogP contribution in [0.25, 0.3) is 0 Å². The highest BCUT2D eigenvalue weighted by molar-refractivity contribution is 7.80. The van der Waals surface area contributed by atoms with Crippen molar-refractivity contribution in [2.45, 2.75) is 18.4 Å². The fourth-order valence-corrected chi connectivity index (χ4v) is 5.41. The molecule has 0 unspecified atom stereocenters. The van der Waals surface area contributed by atoms with Crippen molar-refractivity contribution in [1.29, 1.82) is 5.26 Å². The second-order valence-corrected chi connectivity index (χ2v) is 7.98. The van der Waals surface area contributed by atoms with E-state index in [9.17, 15) is 10.1 Å². The normalized spacial score (nSPS) is 23.4. The van der Waals surface area contributed by atoms with Crippen LogP contribution in [0.5, 0.6) is 0 Å². The molecule has 2 bridgehead atoms. The Bertz CT molecular complexity index is 1150. The zero-order valence-corrected chi connectivity index (χ0v) is 16.5. The van der Waals surface area contributed by atoms with Gasteiger partial charge in [0.25, 0.3) is 0 Å². The smallest absolute Gasteiger partial charge is 0.177 e. The molecule has 5 rings (SSSR count). The summed E-state index contributed by atoms with van der Waals surface area (Å²) in [5.41, 5.74) is 2.42. The van der Waals surface area contributed by atoms with Crippen LogP contribution in [-0.2, 0) is 0 Å². The van der Waals surface area contributed by atoms with Gasteiger partial charge < -0.3 is 4.90 Å². The fraction of sp³-hybridized carbons (Fsp3) is 0.160. The van der Waals surface area contributed by atoms with E-state index in [1.165, 1.54) is 0 Å². The van der Waals surface area contributed by atoms with Crippen molar-refractivity contribution in [3.63, 3.8) is 0 Å². The molecule has 0 N–H and O–H groups in total. The van der Waals surface area contributed by atoms with Crippen molar-refractivity contribution in [3.05, 3.63) is 102 Å². The van der Waals surface area contributed by atoms with E-state index < -0.39 is 11.3 Å². The van der Waals surface area contributed by atoms with Crippen LogP contribution < -0.4 is 4.90 Å². The average molecular weight is 394 g/mol. The second-order valence-electron chi connectivity index (χ2n) is 7.59. The van der Waals surface area contributed by atoms with Gasteiger partial charge >= 0.3 is 0 Å². The molecule has 1 heterocycles. The van der Waals surface area contributed by atoms with Crippen LogP contribution in [0.4, 0.5) is 5.69 Å². The molecular weight excluding hydrogens is 376 g/mol. The molecule has 3 aromatic rings. The quantitative estimate of drug-likeness (QED) is 0.554. The van der Waals surface area contributed by atoms with Crippen molar-refractivity contribution >= 4 is 28.7 Å². The number of ketones is 1. The van der Waals surface area contributed by atoms with Crippen molar-refractivity contribution in [2.75, 3.05) is 4.90 Å². The third-order valence-electron chi connectivity index (χ3n) is 6.19. The number of carbonyl (C=O) groups excluding carboxylic acids is 1. The number of para-hydroxylation sites is 1. The minimum absolute atomic E-state index is 0.0387. The van der Waals surface area contributed by atoms with E-state index in [2.05, 4.69) is 11.0 Å². The maximum Gasteiger partial charge on any atom is 0.177 e. The number of rotatable bonds is 3. The van der Waals surface area contributed by atoms with Gasteiger partial charge in [-0.1, -0.05) is 85.0 Å². The monoisotopic (exact) mass is 394 g/mol. The zero-order chi connectivity index (χ0) is 20.0. The number of thiocarbonyl (C=S) groups is 1. The van der Waals surface area contributed by atoms with E-state index in [4.69, 9.17) is 12.2 Å². The SMILES string of the molecule is N#C[C@H](c1ccccc1)[C@@]12C[C@@H](c3ccccc3C1=O)N(c1ccccc1)C2=S. The molecule has 140 valence electrons. The van der Waals surface area contributed by atoms with Gasteiger partial charge in [-0.2, -0.15) is 5.26 Å². The predicted molar refractivity (Wildman–Crippen MR) is 117 cm³/mol. The molecule has 3 atom stereocenters. The van der Waals surface area contributed by atoms with Crippen LogP contribution >= 0.6 is 12.2 Å². The van der Waals surface area contributed by atoms with Gasteiger partial charge in [0.05, 0.1) is 23.0 Å². The lowest BCUT2D eigenvalue weighted by Gasteiger charge is -2.34. The van der Waals surface area contributed by atoms with Gasteiger partial charge in [0.15, 0.2) is 5.78 Å². The number of hydrogen-bond acceptors (Lipinski definition) is 3. The number of Topliss-reactive ketones (excluding diaryl/α,β-unsaturated/α-hetero) is 1. The molecule has 0 saturated carbocycles. The van der Waals surface area contributed by atoms with E-state index in [1.807, 2.05) is 84.9 Å². The van der Waals surface area contributed by atoms with Gasteiger partial charge in [0.2, 0.25) is 0 Å². The summed E-state index contributed by atoms with van der Waals surface area (Å²) >= 11 is 5.99. The first-order valence-electron chi connectivity index (χ1n) is 9.65. The van der Waals surface area contributed by atoms with Gasteiger partial charge in [-0.25, -0.2) is 0 Å². The predicted octanol–water partition coefficient (Wildman–Crippen LogP) is 5.46. The maximum atomic E-state index is 13.9. The highest BCUT2D eigenvalue weighted by Crippen LogP contribution is 2.58. The number of hydrogen-bond donors (Lipinski definition) is 0. The van der Waals surface area contributed by atoms with Gasteiger partial charge in [-0.15, -0.1) is 0 Å². The third-order valence-corrected chi connectivity index (χ3v) is 6.75. The lowest BCUT2D eigenvalue weighted by molar-refractivity contribution is 0.0843. The van der Waals surface area contributed by atoms with E-state index >= 15 is 0 Å². The van der Waals surface area contributed by atoms with Crippen LogP contribution in [-0.4, -0.2) is 10.8 Å². The molecule has 1 fully saturated rings. The molecule has 0 amide bonds. The fourth-order valence-electron chi connectivity index (χ4n) is 4.89. The molecular formula is C25H18N2OS. The number of nitriles is 1. The topological polar surface area (TPSA) is 44.1 Å². The molecule has 4 heteroatoms. The summed E-state index contributed by atoms with van der Waals surface area (Å²) < 4.78 is 0. The summed E-state index contributed by atoms with van der Waals surface area (Å²) in [7, 11) is 0. The van der Waals surface area contributed by atoms with E-state index in [1.54, 1.807) is 0 Å². The summed E-state index contributed by atoms with van der Waals surface area (Å²) in [6, 6.07) is 29.6. The van der Waals surface area contributed by atoms with E-state index in [0.29, 0.717) is 17.0 Å². The molecule has 0 radical (unpaired) electrons. The Morgan fingerprint density at radius 2 is 1.59 bits per heavy atom. The highest BCUT2D eigenvalue weighted by Gasteiger charge is 2.62. The van der Waals surface area contributed by atoms with Crippen LogP contribution in [0.1, 0.15) is 39.9 Å². The molecule has 29 heavy (non-hydrogen) atoms. The molecule has 0 spiro atoms. The van der Waals surface area contributed by atoms with Crippen molar-refractivity contribution in [3.8, 4) is 6.07 Å². The number of fused-ring (bicyclic) bond motifs is 4. The number of benzene rings is 3. The Morgan fingerprint density at radius 1 is 0.966 bits per heavy atom. The number of anilines is 1.